The van der Waals surface area contributed by atoms with Gasteiger partial charge in [0.2, 0.25) is 0 Å². The number of anilines is 2. The van der Waals surface area contributed by atoms with Crippen LogP contribution in [0.2, 0.25) is 0 Å². The smallest absolute Gasteiger partial charge is 0.187 e. The molecule has 0 saturated heterocycles. The molecule has 96 valence electrons. The largest absolute Gasteiger partial charge is 0.332 e. The van der Waals surface area contributed by atoms with Gasteiger partial charge in [0, 0.05) is 21.4 Å². The van der Waals surface area contributed by atoms with Gasteiger partial charge in [-0.2, -0.15) is 0 Å². The van der Waals surface area contributed by atoms with Gasteiger partial charge in [-0.3, -0.25) is 0 Å². The first kappa shape index (κ1) is 13.4. The minimum absolute atomic E-state index is 0.109. The zero-order valence-corrected chi connectivity index (χ0v) is 12.8. The third kappa shape index (κ3) is 3.27. The SMILES string of the molecule is CSc1cccc(Nc2nc(C(C)(C)C)cs2)c1. The van der Waals surface area contributed by atoms with Gasteiger partial charge in [0.05, 0.1) is 5.69 Å². The van der Waals surface area contributed by atoms with Gasteiger partial charge in [0.15, 0.2) is 5.13 Å². The van der Waals surface area contributed by atoms with Crippen molar-refractivity contribution in [2.45, 2.75) is 31.1 Å². The molecule has 4 heteroatoms. The summed E-state index contributed by atoms with van der Waals surface area (Å²) in [5.41, 5.74) is 2.34. The maximum atomic E-state index is 4.63. The standard InChI is InChI=1S/C14H18N2S2/c1-14(2,3)12-9-18-13(16-12)15-10-6-5-7-11(8-10)17-4/h5-9H,1-4H3,(H,15,16). The molecule has 2 rings (SSSR count). The van der Waals surface area contributed by atoms with Crippen LogP contribution >= 0.6 is 23.1 Å². The van der Waals surface area contributed by atoms with Crippen LogP contribution in [0.15, 0.2) is 34.5 Å². The number of thioether (sulfide) groups is 1. The number of nitrogens with one attached hydrogen (secondary N) is 1. The maximum absolute atomic E-state index is 4.63. The Morgan fingerprint density at radius 3 is 2.67 bits per heavy atom. The second-order valence-electron chi connectivity index (χ2n) is 5.14. The zero-order valence-electron chi connectivity index (χ0n) is 11.2. The van der Waals surface area contributed by atoms with Crippen LogP contribution in [0, 0.1) is 0 Å². The van der Waals surface area contributed by atoms with Crippen LogP contribution in [0.25, 0.3) is 0 Å². The average molecular weight is 278 g/mol. The molecular weight excluding hydrogens is 260 g/mol. The molecule has 0 fully saturated rings. The summed E-state index contributed by atoms with van der Waals surface area (Å²) in [5.74, 6) is 0. The molecular formula is C14H18N2S2. The molecule has 0 saturated carbocycles. The Kier molecular flexibility index (Phi) is 3.97. The van der Waals surface area contributed by atoms with E-state index >= 15 is 0 Å². The van der Waals surface area contributed by atoms with Gasteiger partial charge in [-0.25, -0.2) is 4.98 Å². The van der Waals surface area contributed by atoms with Gasteiger partial charge >= 0.3 is 0 Å². The first-order valence-corrected chi connectivity index (χ1v) is 7.96. The van der Waals surface area contributed by atoms with E-state index < -0.39 is 0 Å². The van der Waals surface area contributed by atoms with E-state index in [1.165, 1.54) is 4.90 Å². The molecule has 2 nitrogen and oxygen atoms in total. The summed E-state index contributed by atoms with van der Waals surface area (Å²) in [5, 5.41) is 6.45. The highest BCUT2D eigenvalue weighted by Gasteiger charge is 2.17. The first-order chi connectivity index (χ1) is 8.49. The molecule has 2 aromatic rings. The van der Waals surface area contributed by atoms with Crippen molar-refractivity contribution in [1.29, 1.82) is 0 Å². The summed E-state index contributed by atoms with van der Waals surface area (Å²) >= 11 is 3.40. The minimum atomic E-state index is 0.109. The fourth-order valence-electron chi connectivity index (χ4n) is 1.50. The fourth-order valence-corrected chi connectivity index (χ4v) is 2.92. The van der Waals surface area contributed by atoms with Crippen LogP contribution in [-0.4, -0.2) is 11.2 Å². The van der Waals surface area contributed by atoms with E-state index in [1.807, 2.05) is 0 Å². The average Bonchev–Trinajstić information content (AvgIpc) is 2.77. The Morgan fingerprint density at radius 1 is 1.28 bits per heavy atom. The van der Waals surface area contributed by atoms with Crippen molar-refractivity contribution in [3.05, 3.63) is 35.3 Å². The molecule has 0 atom stereocenters. The van der Waals surface area contributed by atoms with E-state index in [0.29, 0.717) is 0 Å². The van der Waals surface area contributed by atoms with E-state index in [2.05, 4.69) is 67.0 Å². The van der Waals surface area contributed by atoms with E-state index in [0.717, 1.165) is 16.5 Å². The van der Waals surface area contributed by atoms with Crippen molar-refractivity contribution in [3.63, 3.8) is 0 Å². The lowest BCUT2D eigenvalue weighted by atomic mass is 9.93. The van der Waals surface area contributed by atoms with Crippen molar-refractivity contribution in [2.75, 3.05) is 11.6 Å². The van der Waals surface area contributed by atoms with Gasteiger partial charge in [-0.15, -0.1) is 23.1 Å². The highest BCUT2D eigenvalue weighted by Crippen LogP contribution is 2.29. The Morgan fingerprint density at radius 2 is 2.06 bits per heavy atom. The molecule has 0 unspecified atom stereocenters. The van der Waals surface area contributed by atoms with E-state index in [-0.39, 0.29) is 5.41 Å². The van der Waals surface area contributed by atoms with Crippen molar-refractivity contribution in [1.82, 2.24) is 4.98 Å². The Bertz CT molecular complexity index is 527. The van der Waals surface area contributed by atoms with Crippen molar-refractivity contribution >= 4 is 33.9 Å². The highest BCUT2D eigenvalue weighted by atomic mass is 32.2. The molecule has 0 aliphatic rings. The van der Waals surface area contributed by atoms with Crippen LogP contribution in [0.3, 0.4) is 0 Å². The summed E-state index contributed by atoms with van der Waals surface area (Å²) in [6.45, 7) is 6.54. The third-order valence-corrected chi connectivity index (χ3v) is 4.08. The summed E-state index contributed by atoms with van der Waals surface area (Å²) in [6.07, 6.45) is 2.08. The number of hydrogen-bond acceptors (Lipinski definition) is 4. The van der Waals surface area contributed by atoms with E-state index in [9.17, 15) is 0 Å². The number of thiazole rings is 1. The van der Waals surface area contributed by atoms with Gasteiger partial charge < -0.3 is 5.32 Å². The summed E-state index contributed by atoms with van der Waals surface area (Å²) in [6, 6.07) is 8.38. The Balaban J connectivity index is 2.16. The monoisotopic (exact) mass is 278 g/mol. The second kappa shape index (κ2) is 5.33. The predicted octanol–water partition coefficient (Wildman–Crippen LogP) is 4.91. The normalized spacial score (nSPS) is 11.6. The molecule has 0 spiro atoms. The molecule has 1 N–H and O–H groups in total. The molecule has 0 aliphatic carbocycles. The molecule has 1 aromatic heterocycles. The number of benzene rings is 1. The number of nitrogens with zero attached hydrogens (tertiary/aromatic N) is 1. The van der Waals surface area contributed by atoms with Gasteiger partial charge in [-0.05, 0) is 24.5 Å². The molecule has 1 aromatic carbocycles. The fraction of sp³-hybridized carbons (Fsp3) is 0.357. The van der Waals surface area contributed by atoms with Crippen LogP contribution in [0.1, 0.15) is 26.5 Å². The number of hydrogen-bond donors (Lipinski definition) is 1. The third-order valence-electron chi connectivity index (χ3n) is 2.59. The lowest BCUT2D eigenvalue weighted by Crippen LogP contribution is -2.11. The quantitative estimate of drug-likeness (QED) is 0.808. The minimum Gasteiger partial charge on any atom is -0.332 e. The number of rotatable bonds is 3. The molecule has 0 bridgehead atoms. The second-order valence-corrected chi connectivity index (χ2v) is 6.88. The molecule has 0 amide bonds. The Labute approximate surface area is 117 Å². The predicted molar refractivity (Wildman–Crippen MR) is 82.3 cm³/mol. The molecule has 1 heterocycles. The summed E-state index contributed by atoms with van der Waals surface area (Å²) in [4.78, 5) is 5.89. The van der Waals surface area contributed by atoms with Crippen LogP contribution in [0.5, 0.6) is 0 Å². The first-order valence-electron chi connectivity index (χ1n) is 5.86. The lowest BCUT2D eigenvalue weighted by molar-refractivity contribution is 0.573. The highest BCUT2D eigenvalue weighted by molar-refractivity contribution is 7.98. The van der Waals surface area contributed by atoms with Crippen LogP contribution < -0.4 is 5.32 Å². The molecule has 18 heavy (non-hydrogen) atoms. The maximum Gasteiger partial charge on any atom is 0.187 e. The topological polar surface area (TPSA) is 24.9 Å². The van der Waals surface area contributed by atoms with E-state index in [1.54, 1.807) is 23.1 Å². The zero-order chi connectivity index (χ0) is 13.2. The summed E-state index contributed by atoms with van der Waals surface area (Å²) < 4.78 is 0. The van der Waals surface area contributed by atoms with Crippen molar-refractivity contribution in [2.24, 2.45) is 0 Å². The van der Waals surface area contributed by atoms with Crippen LogP contribution in [-0.2, 0) is 5.41 Å². The van der Waals surface area contributed by atoms with Crippen molar-refractivity contribution in [3.8, 4) is 0 Å². The Hall–Kier alpha value is -1.00. The molecule has 0 radical (unpaired) electrons. The molecule has 0 aliphatic heterocycles. The van der Waals surface area contributed by atoms with Crippen LogP contribution in [0.4, 0.5) is 10.8 Å². The van der Waals surface area contributed by atoms with Gasteiger partial charge in [0.25, 0.3) is 0 Å². The van der Waals surface area contributed by atoms with E-state index in [4.69, 9.17) is 0 Å². The van der Waals surface area contributed by atoms with Crippen molar-refractivity contribution < 1.29 is 0 Å². The van der Waals surface area contributed by atoms with Gasteiger partial charge in [-0.1, -0.05) is 26.8 Å². The lowest BCUT2D eigenvalue weighted by Gasteiger charge is -2.14. The van der Waals surface area contributed by atoms with Gasteiger partial charge in [0.1, 0.15) is 0 Å². The number of aromatic nitrogens is 1. The summed E-state index contributed by atoms with van der Waals surface area (Å²) in [7, 11) is 0.